The molecule has 0 aromatic rings. The minimum Gasteiger partial charge on any atom is -0.0958 e. The Balaban J connectivity index is 2.06. The molecule has 0 heteroatoms. The summed E-state index contributed by atoms with van der Waals surface area (Å²) in [6.45, 7) is 13.6. The molecule has 0 radical (unpaired) electrons. The zero-order valence-electron chi connectivity index (χ0n) is 13.9. The summed E-state index contributed by atoms with van der Waals surface area (Å²) >= 11 is 0. The molecule has 0 nitrogen and oxygen atoms in total. The lowest BCUT2D eigenvalue weighted by molar-refractivity contribution is 0.212. The quantitative estimate of drug-likeness (QED) is 0.526. The van der Waals surface area contributed by atoms with Crippen LogP contribution in [0.5, 0.6) is 0 Å². The topological polar surface area (TPSA) is 0 Å². The van der Waals surface area contributed by atoms with E-state index < -0.39 is 0 Å². The van der Waals surface area contributed by atoms with E-state index in [1.165, 1.54) is 49.7 Å². The van der Waals surface area contributed by atoms with Gasteiger partial charge in [0.2, 0.25) is 0 Å². The van der Waals surface area contributed by atoms with Crippen LogP contribution in [0.2, 0.25) is 0 Å². The molecule has 0 aromatic heterocycles. The summed E-state index contributed by atoms with van der Waals surface area (Å²) in [7, 11) is 0. The molecule has 0 heterocycles. The zero-order chi connectivity index (χ0) is 14.7. The molecule has 1 fully saturated rings. The SMILES string of the molecule is C=C1C=C2[C@@H](CC1)[C@H](C)CC[C@H]2[C@H](C)CCC=C(C)C. The molecule has 20 heavy (non-hydrogen) atoms. The number of hydrogen-bond acceptors (Lipinski definition) is 0. The minimum atomic E-state index is 0.817. The van der Waals surface area contributed by atoms with Crippen molar-refractivity contribution in [3.8, 4) is 0 Å². The Hall–Kier alpha value is -0.780. The van der Waals surface area contributed by atoms with Crippen LogP contribution in [0.25, 0.3) is 0 Å². The van der Waals surface area contributed by atoms with Crippen molar-refractivity contribution >= 4 is 0 Å². The van der Waals surface area contributed by atoms with Crippen molar-refractivity contribution in [1.29, 1.82) is 0 Å². The summed E-state index contributed by atoms with van der Waals surface area (Å²) in [5.74, 6) is 3.37. The first kappa shape index (κ1) is 15.6. The van der Waals surface area contributed by atoms with Gasteiger partial charge in [-0.3, -0.25) is 0 Å². The van der Waals surface area contributed by atoms with E-state index in [0.29, 0.717) is 0 Å². The molecular weight excluding hydrogens is 240 g/mol. The normalized spacial score (nSPS) is 31.3. The van der Waals surface area contributed by atoms with E-state index in [1.807, 2.05) is 0 Å². The third-order valence-electron chi connectivity index (χ3n) is 5.48. The van der Waals surface area contributed by atoms with E-state index in [0.717, 1.165) is 23.7 Å². The fourth-order valence-corrected chi connectivity index (χ4v) is 4.18. The molecule has 2 rings (SSSR count). The monoisotopic (exact) mass is 272 g/mol. The maximum atomic E-state index is 4.22. The van der Waals surface area contributed by atoms with Crippen molar-refractivity contribution in [3.63, 3.8) is 0 Å². The molecule has 4 atom stereocenters. The number of hydrogen-bond donors (Lipinski definition) is 0. The van der Waals surface area contributed by atoms with Gasteiger partial charge in [0.05, 0.1) is 0 Å². The predicted octanol–water partition coefficient (Wildman–Crippen LogP) is 6.31. The van der Waals surface area contributed by atoms with Gasteiger partial charge in [-0.2, -0.15) is 0 Å². The Morgan fingerprint density at radius 2 is 2.10 bits per heavy atom. The standard InChI is InChI=1S/C20H32/c1-14(2)7-6-8-16(4)19-12-10-17(5)18-11-9-15(3)13-20(18)19/h7,13,16-19H,3,6,8-12H2,1-2,4-5H3/t16-,17-,18+,19+/m1/s1. The number of rotatable bonds is 4. The van der Waals surface area contributed by atoms with Crippen molar-refractivity contribution in [2.75, 3.05) is 0 Å². The van der Waals surface area contributed by atoms with Gasteiger partial charge in [0.15, 0.2) is 0 Å². The van der Waals surface area contributed by atoms with Crippen LogP contribution in [0.15, 0.2) is 35.5 Å². The first-order valence-corrected chi connectivity index (χ1v) is 8.51. The molecule has 0 aliphatic heterocycles. The van der Waals surface area contributed by atoms with Gasteiger partial charge in [0.1, 0.15) is 0 Å². The van der Waals surface area contributed by atoms with Crippen LogP contribution in [0, 0.1) is 23.7 Å². The second-order valence-electron chi connectivity index (χ2n) is 7.44. The molecule has 0 unspecified atom stereocenters. The van der Waals surface area contributed by atoms with Gasteiger partial charge in [-0.1, -0.05) is 49.3 Å². The lowest BCUT2D eigenvalue weighted by Crippen LogP contribution is -2.31. The van der Waals surface area contributed by atoms with Gasteiger partial charge in [-0.15, -0.1) is 0 Å². The zero-order valence-corrected chi connectivity index (χ0v) is 13.9. The van der Waals surface area contributed by atoms with Crippen molar-refractivity contribution in [2.24, 2.45) is 23.7 Å². The molecule has 1 saturated carbocycles. The van der Waals surface area contributed by atoms with Gasteiger partial charge >= 0.3 is 0 Å². The van der Waals surface area contributed by atoms with E-state index in [2.05, 4.69) is 46.4 Å². The largest absolute Gasteiger partial charge is 0.0958 e. The second kappa shape index (κ2) is 6.78. The fraction of sp³-hybridized carbons (Fsp3) is 0.700. The van der Waals surface area contributed by atoms with Crippen LogP contribution in [0.3, 0.4) is 0 Å². The Morgan fingerprint density at radius 3 is 2.80 bits per heavy atom. The molecule has 112 valence electrons. The highest BCUT2D eigenvalue weighted by Crippen LogP contribution is 2.47. The predicted molar refractivity (Wildman–Crippen MR) is 89.7 cm³/mol. The van der Waals surface area contributed by atoms with Crippen LogP contribution in [0.4, 0.5) is 0 Å². The highest BCUT2D eigenvalue weighted by molar-refractivity contribution is 5.30. The summed E-state index contributed by atoms with van der Waals surface area (Å²) in [6.07, 6.45) is 12.8. The van der Waals surface area contributed by atoms with Crippen LogP contribution >= 0.6 is 0 Å². The van der Waals surface area contributed by atoms with Crippen LogP contribution in [-0.4, -0.2) is 0 Å². The Kier molecular flexibility index (Phi) is 5.29. The van der Waals surface area contributed by atoms with Gasteiger partial charge in [-0.05, 0) is 76.0 Å². The maximum absolute atomic E-state index is 4.22. The smallest absolute Gasteiger partial charge is 0.0168 e. The molecule has 0 amide bonds. The van der Waals surface area contributed by atoms with E-state index in [1.54, 1.807) is 5.57 Å². The first-order chi connectivity index (χ1) is 9.49. The summed E-state index contributed by atoms with van der Waals surface area (Å²) < 4.78 is 0. The molecule has 0 bridgehead atoms. The van der Waals surface area contributed by atoms with Crippen LogP contribution in [0.1, 0.15) is 66.2 Å². The van der Waals surface area contributed by atoms with Crippen LogP contribution in [-0.2, 0) is 0 Å². The van der Waals surface area contributed by atoms with Crippen molar-refractivity contribution < 1.29 is 0 Å². The van der Waals surface area contributed by atoms with E-state index in [9.17, 15) is 0 Å². The third kappa shape index (κ3) is 3.65. The van der Waals surface area contributed by atoms with Gasteiger partial charge in [0.25, 0.3) is 0 Å². The highest BCUT2D eigenvalue weighted by atomic mass is 14.4. The molecule has 0 spiro atoms. The first-order valence-electron chi connectivity index (χ1n) is 8.51. The summed E-state index contributed by atoms with van der Waals surface area (Å²) in [5.41, 5.74) is 4.58. The molecule has 0 saturated heterocycles. The van der Waals surface area contributed by atoms with Gasteiger partial charge in [0, 0.05) is 0 Å². The molecule has 2 aliphatic carbocycles. The average molecular weight is 272 g/mol. The van der Waals surface area contributed by atoms with Crippen molar-refractivity contribution in [3.05, 3.63) is 35.5 Å². The number of allylic oxidation sites excluding steroid dienone is 5. The molecule has 0 N–H and O–H groups in total. The Bertz CT molecular complexity index is 406. The van der Waals surface area contributed by atoms with Crippen molar-refractivity contribution in [1.82, 2.24) is 0 Å². The fourth-order valence-electron chi connectivity index (χ4n) is 4.18. The van der Waals surface area contributed by atoms with Gasteiger partial charge in [-0.25, -0.2) is 0 Å². The van der Waals surface area contributed by atoms with Gasteiger partial charge < -0.3 is 0 Å². The molecule has 2 aliphatic rings. The molecule has 0 aromatic carbocycles. The Labute approximate surface area is 126 Å². The summed E-state index contributed by atoms with van der Waals surface area (Å²) in [5, 5.41) is 0. The third-order valence-corrected chi connectivity index (χ3v) is 5.48. The summed E-state index contributed by atoms with van der Waals surface area (Å²) in [4.78, 5) is 0. The average Bonchev–Trinajstić information content (AvgIpc) is 2.38. The lowest BCUT2D eigenvalue weighted by Gasteiger charge is -2.42. The highest BCUT2D eigenvalue weighted by Gasteiger charge is 2.36. The van der Waals surface area contributed by atoms with Crippen molar-refractivity contribution in [2.45, 2.75) is 66.2 Å². The maximum Gasteiger partial charge on any atom is -0.0168 e. The van der Waals surface area contributed by atoms with E-state index >= 15 is 0 Å². The lowest BCUT2D eigenvalue weighted by atomic mass is 9.63. The minimum absolute atomic E-state index is 0.817. The van der Waals surface area contributed by atoms with E-state index in [-0.39, 0.29) is 0 Å². The molecular formula is C20H32. The van der Waals surface area contributed by atoms with E-state index in [4.69, 9.17) is 0 Å². The number of fused-ring (bicyclic) bond motifs is 1. The van der Waals surface area contributed by atoms with Crippen LogP contribution < -0.4 is 0 Å². The Morgan fingerprint density at radius 1 is 1.35 bits per heavy atom. The second-order valence-corrected chi connectivity index (χ2v) is 7.44. The summed E-state index contributed by atoms with van der Waals surface area (Å²) in [6, 6.07) is 0.